The number of urea groups is 1. The van der Waals surface area contributed by atoms with Gasteiger partial charge in [-0.15, -0.1) is 0 Å². The van der Waals surface area contributed by atoms with Crippen LogP contribution in [0.2, 0.25) is 0 Å². The minimum absolute atomic E-state index is 0.178. The van der Waals surface area contributed by atoms with Crippen LogP contribution in [0.4, 0.5) is 4.79 Å². The van der Waals surface area contributed by atoms with Crippen LogP contribution in [-0.2, 0) is 4.79 Å². The number of aliphatic hydroxyl groups is 1. The van der Waals surface area contributed by atoms with Crippen LogP contribution in [0.25, 0.3) is 0 Å². The van der Waals surface area contributed by atoms with E-state index in [1.54, 1.807) is 4.90 Å². The smallest absolute Gasteiger partial charge is 0.323 e. The van der Waals surface area contributed by atoms with Gasteiger partial charge in [0.25, 0.3) is 0 Å². The lowest BCUT2D eigenvalue weighted by molar-refractivity contribution is -0.137. The van der Waals surface area contributed by atoms with Crippen molar-refractivity contribution >= 4 is 12.0 Å². The Labute approximate surface area is 99.8 Å². The molecule has 0 aromatic heterocycles. The second kappa shape index (κ2) is 4.52. The van der Waals surface area contributed by atoms with Crippen LogP contribution < -0.4 is 0 Å². The summed E-state index contributed by atoms with van der Waals surface area (Å²) in [5, 5.41) is 18.4. The minimum atomic E-state index is -1.01. The number of rotatable bonds is 2. The quantitative estimate of drug-likeness (QED) is 0.704. The summed E-state index contributed by atoms with van der Waals surface area (Å²) in [4.78, 5) is 25.3. The Morgan fingerprint density at radius 3 is 2.65 bits per heavy atom. The molecule has 0 bridgehead atoms. The van der Waals surface area contributed by atoms with Gasteiger partial charge >= 0.3 is 12.0 Å². The van der Waals surface area contributed by atoms with Crippen molar-refractivity contribution in [3.05, 3.63) is 0 Å². The van der Waals surface area contributed by atoms with E-state index >= 15 is 0 Å². The van der Waals surface area contributed by atoms with Gasteiger partial charge in [-0.2, -0.15) is 0 Å². The van der Waals surface area contributed by atoms with Crippen molar-refractivity contribution in [2.45, 2.75) is 18.9 Å². The Kier molecular flexibility index (Phi) is 3.24. The topological polar surface area (TPSA) is 81.1 Å². The number of fused-ring (bicyclic) bond motifs is 1. The molecule has 0 aromatic rings. The Morgan fingerprint density at radius 2 is 2.06 bits per heavy atom. The van der Waals surface area contributed by atoms with Gasteiger partial charge in [-0.05, 0) is 18.8 Å². The number of carbonyl (C=O) groups is 2. The Bertz CT molecular complexity index is 333. The molecular formula is C11H18N2O4. The summed E-state index contributed by atoms with van der Waals surface area (Å²) >= 11 is 0. The van der Waals surface area contributed by atoms with Crippen LogP contribution in [0.5, 0.6) is 0 Å². The van der Waals surface area contributed by atoms with Gasteiger partial charge in [0.2, 0.25) is 0 Å². The maximum Gasteiger partial charge on any atom is 0.323 e. The van der Waals surface area contributed by atoms with Crippen molar-refractivity contribution in [1.82, 2.24) is 9.80 Å². The van der Waals surface area contributed by atoms with E-state index in [-0.39, 0.29) is 24.6 Å². The molecule has 1 aliphatic heterocycles. The number of carboxylic acids is 1. The molecule has 6 nitrogen and oxygen atoms in total. The third kappa shape index (κ3) is 2.36. The van der Waals surface area contributed by atoms with Crippen molar-refractivity contribution in [1.29, 1.82) is 0 Å². The van der Waals surface area contributed by atoms with Crippen molar-refractivity contribution in [3.63, 3.8) is 0 Å². The van der Waals surface area contributed by atoms with Crippen molar-refractivity contribution in [2.24, 2.45) is 11.8 Å². The molecule has 17 heavy (non-hydrogen) atoms. The second-order valence-corrected chi connectivity index (χ2v) is 5.01. The fourth-order valence-electron chi connectivity index (χ4n) is 2.90. The number of likely N-dealkylation sites (N-methyl/N-ethyl adjacent to an activating group) is 1. The molecule has 3 atom stereocenters. The van der Waals surface area contributed by atoms with Crippen LogP contribution in [-0.4, -0.2) is 64.8 Å². The third-order valence-electron chi connectivity index (χ3n) is 3.79. The predicted molar refractivity (Wildman–Crippen MR) is 59.5 cm³/mol. The molecule has 2 aliphatic rings. The Balaban J connectivity index is 1.92. The zero-order chi connectivity index (χ0) is 12.6. The lowest BCUT2D eigenvalue weighted by Crippen LogP contribution is -2.42. The summed E-state index contributed by atoms with van der Waals surface area (Å²) in [5.41, 5.74) is 0. The molecule has 1 saturated heterocycles. The van der Waals surface area contributed by atoms with E-state index in [1.165, 1.54) is 11.9 Å². The average Bonchev–Trinajstić information content (AvgIpc) is 2.79. The molecule has 0 aromatic carbocycles. The summed E-state index contributed by atoms with van der Waals surface area (Å²) < 4.78 is 0. The van der Waals surface area contributed by atoms with Crippen LogP contribution in [0.15, 0.2) is 0 Å². The molecule has 1 heterocycles. The molecule has 2 N–H and O–H groups in total. The summed E-state index contributed by atoms with van der Waals surface area (Å²) in [7, 11) is 1.49. The first-order valence-corrected chi connectivity index (χ1v) is 5.89. The van der Waals surface area contributed by atoms with Gasteiger partial charge in [0.1, 0.15) is 6.54 Å². The number of hydrogen-bond acceptors (Lipinski definition) is 3. The SMILES string of the molecule is CN(CC(=O)O)C(=O)N1CC2CCC(O)C2C1. The van der Waals surface area contributed by atoms with Crippen LogP contribution in [0.1, 0.15) is 12.8 Å². The van der Waals surface area contributed by atoms with Crippen LogP contribution in [0.3, 0.4) is 0 Å². The van der Waals surface area contributed by atoms with Gasteiger partial charge in [0.05, 0.1) is 6.10 Å². The summed E-state index contributed by atoms with van der Waals surface area (Å²) in [5.74, 6) is -0.454. The van der Waals surface area contributed by atoms with E-state index in [0.717, 1.165) is 12.8 Å². The average molecular weight is 242 g/mol. The molecule has 2 fully saturated rings. The first-order chi connectivity index (χ1) is 7.99. The predicted octanol–water partition coefficient (Wildman–Crippen LogP) is -0.175. The third-order valence-corrected chi connectivity index (χ3v) is 3.79. The van der Waals surface area contributed by atoms with Gasteiger partial charge < -0.3 is 20.0 Å². The minimum Gasteiger partial charge on any atom is -0.480 e. The standard InChI is InChI=1S/C11H18N2O4/c1-12(6-10(15)16)11(17)13-4-7-2-3-9(14)8(7)5-13/h7-9,14H,2-6H2,1H3,(H,15,16). The first kappa shape index (κ1) is 12.2. The molecule has 0 spiro atoms. The lowest BCUT2D eigenvalue weighted by Gasteiger charge is -2.24. The zero-order valence-corrected chi connectivity index (χ0v) is 9.87. The summed E-state index contributed by atoms with van der Waals surface area (Å²) in [6, 6.07) is -0.256. The highest BCUT2D eigenvalue weighted by Gasteiger charge is 2.43. The number of likely N-dealkylation sites (tertiary alicyclic amines) is 1. The van der Waals surface area contributed by atoms with E-state index in [0.29, 0.717) is 19.0 Å². The summed E-state index contributed by atoms with van der Waals surface area (Å²) in [6.45, 7) is 0.909. The molecule has 2 rings (SSSR count). The monoisotopic (exact) mass is 242 g/mol. The number of aliphatic hydroxyl groups excluding tert-OH is 1. The van der Waals surface area contributed by atoms with E-state index in [9.17, 15) is 14.7 Å². The molecular weight excluding hydrogens is 224 g/mol. The Morgan fingerprint density at radius 1 is 1.35 bits per heavy atom. The maximum atomic E-state index is 11.9. The van der Waals surface area contributed by atoms with Crippen molar-refractivity contribution in [2.75, 3.05) is 26.7 Å². The fourth-order valence-corrected chi connectivity index (χ4v) is 2.90. The fraction of sp³-hybridized carbons (Fsp3) is 0.818. The first-order valence-electron chi connectivity index (χ1n) is 5.89. The summed E-state index contributed by atoms with van der Waals surface area (Å²) in [6.07, 6.45) is 1.48. The molecule has 2 amide bonds. The van der Waals surface area contributed by atoms with Crippen LogP contribution >= 0.6 is 0 Å². The molecule has 1 saturated carbocycles. The molecule has 6 heteroatoms. The van der Waals surface area contributed by atoms with Gasteiger partial charge in [0.15, 0.2) is 0 Å². The number of aliphatic carboxylic acids is 1. The van der Waals surface area contributed by atoms with Gasteiger partial charge in [0, 0.05) is 26.1 Å². The number of carbonyl (C=O) groups excluding carboxylic acids is 1. The number of amides is 2. The normalized spacial score (nSPS) is 31.4. The molecule has 3 unspecified atom stereocenters. The largest absolute Gasteiger partial charge is 0.480 e. The van der Waals surface area contributed by atoms with Gasteiger partial charge in [-0.25, -0.2) is 4.79 Å². The van der Waals surface area contributed by atoms with E-state index in [4.69, 9.17) is 5.11 Å². The molecule has 96 valence electrons. The maximum absolute atomic E-state index is 11.9. The number of carboxylic acid groups (broad SMARTS) is 1. The number of nitrogens with zero attached hydrogens (tertiary/aromatic N) is 2. The van der Waals surface area contributed by atoms with Crippen molar-refractivity contribution in [3.8, 4) is 0 Å². The molecule has 1 aliphatic carbocycles. The van der Waals surface area contributed by atoms with Crippen molar-refractivity contribution < 1.29 is 19.8 Å². The zero-order valence-electron chi connectivity index (χ0n) is 9.87. The van der Waals surface area contributed by atoms with Gasteiger partial charge in [-0.3, -0.25) is 4.79 Å². The highest BCUT2D eigenvalue weighted by molar-refractivity contribution is 5.80. The Hall–Kier alpha value is -1.30. The lowest BCUT2D eigenvalue weighted by atomic mass is 10.00. The molecule has 0 radical (unpaired) electrons. The van der Waals surface area contributed by atoms with Crippen LogP contribution in [0, 0.1) is 11.8 Å². The van der Waals surface area contributed by atoms with Gasteiger partial charge in [-0.1, -0.05) is 0 Å². The highest BCUT2D eigenvalue weighted by atomic mass is 16.4. The van der Waals surface area contributed by atoms with E-state index in [1.807, 2.05) is 0 Å². The van der Waals surface area contributed by atoms with E-state index in [2.05, 4.69) is 0 Å². The highest BCUT2D eigenvalue weighted by Crippen LogP contribution is 2.38. The number of hydrogen-bond donors (Lipinski definition) is 2. The van der Waals surface area contributed by atoms with E-state index < -0.39 is 5.97 Å². The second-order valence-electron chi connectivity index (χ2n) is 5.01.